The molecule has 0 spiro atoms. The summed E-state index contributed by atoms with van der Waals surface area (Å²) in [6.45, 7) is 4.82. The van der Waals surface area contributed by atoms with Crippen LogP contribution in [0.1, 0.15) is 24.8 Å². The summed E-state index contributed by atoms with van der Waals surface area (Å²) in [6.07, 6.45) is 0.708. The number of carbonyl (C=O) groups excluding carboxylic acids is 1. The molecule has 1 aromatic heterocycles. The second kappa shape index (κ2) is 8.67. The van der Waals surface area contributed by atoms with E-state index in [4.69, 9.17) is 9.47 Å². The molecule has 0 aliphatic carbocycles. The number of nitrogens with zero attached hydrogens (tertiary/aromatic N) is 2. The summed E-state index contributed by atoms with van der Waals surface area (Å²) < 4.78 is 11.1. The highest BCUT2D eigenvalue weighted by Gasteiger charge is 2.34. The minimum Gasteiger partial charge on any atom is -0.494 e. The normalized spacial score (nSPS) is 19.6. The van der Waals surface area contributed by atoms with Gasteiger partial charge in [-0.3, -0.25) is 20.5 Å². The van der Waals surface area contributed by atoms with E-state index in [2.05, 4.69) is 21.2 Å². The summed E-state index contributed by atoms with van der Waals surface area (Å²) in [4.78, 5) is 19.3. The fraction of sp³-hybridized carbons (Fsp3) is 0.429. The standard InChI is InChI=1S/C21H27N5O3/c1-3-29-16-6-4-5-15(11-16)24-18-9-10-26(21(18)27)19-8-7-17(20(25-19)28-2)14-12-22-23-13-14/h4-8,11,14,18,22-24H,3,9-10,12-13H2,1-2H3. The van der Waals surface area contributed by atoms with E-state index in [0.29, 0.717) is 37.2 Å². The summed E-state index contributed by atoms with van der Waals surface area (Å²) in [5, 5.41) is 3.33. The van der Waals surface area contributed by atoms with E-state index in [1.54, 1.807) is 12.0 Å². The Morgan fingerprint density at radius 1 is 1.24 bits per heavy atom. The van der Waals surface area contributed by atoms with Gasteiger partial charge in [-0.05, 0) is 37.6 Å². The number of carbonyl (C=O) groups is 1. The second-order valence-corrected chi connectivity index (χ2v) is 7.16. The van der Waals surface area contributed by atoms with Crippen molar-refractivity contribution in [2.24, 2.45) is 0 Å². The first-order chi connectivity index (χ1) is 14.2. The Morgan fingerprint density at radius 3 is 2.83 bits per heavy atom. The van der Waals surface area contributed by atoms with Gasteiger partial charge in [-0.2, -0.15) is 4.98 Å². The Kier molecular flexibility index (Phi) is 5.82. The van der Waals surface area contributed by atoms with Crippen LogP contribution in [0, 0.1) is 0 Å². The molecule has 29 heavy (non-hydrogen) atoms. The van der Waals surface area contributed by atoms with E-state index in [-0.39, 0.29) is 11.9 Å². The van der Waals surface area contributed by atoms with Crippen molar-refractivity contribution in [3.8, 4) is 11.6 Å². The lowest BCUT2D eigenvalue weighted by Crippen LogP contribution is -2.34. The lowest BCUT2D eigenvalue weighted by molar-refractivity contribution is -0.117. The topological polar surface area (TPSA) is 87.8 Å². The number of nitrogens with one attached hydrogen (secondary N) is 3. The molecule has 2 aliphatic rings. The predicted octanol–water partition coefficient (Wildman–Crippen LogP) is 1.90. The lowest BCUT2D eigenvalue weighted by Gasteiger charge is -2.19. The molecule has 2 aliphatic heterocycles. The number of aromatic nitrogens is 1. The molecule has 154 valence electrons. The number of pyridine rings is 1. The van der Waals surface area contributed by atoms with Gasteiger partial charge in [0.25, 0.3) is 5.91 Å². The van der Waals surface area contributed by atoms with E-state index >= 15 is 0 Å². The third kappa shape index (κ3) is 4.13. The zero-order valence-corrected chi connectivity index (χ0v) is 16.8. The number of ether oxygens (including phenoxy) is 2. The first-order valence-corrected chi connectivity index (χ1v) is 10.0. The predicted molar refractivity (Wildman–Crippen MR) is 112 cm³/mol. The molecule has 0 radical (unpaired) electrons. The molecule has 4 rings (SSSR count). The SMILES string of the molecule is CCOc1cccc(NC2CCN(c3ccc(C4CNNC4)c(OC)n3)C2=O)c1. The molecule has 8 heteroatoms. The molecule has 0 saturated carbocycles. The minimum atomic E-state index is -0.289. The van der Waals surface area contributed by atoms with Crippen LogP contribution in [0.3, 0.4) is 0 Å². The molecule has 1 amide bonds. The number of benzene rings is 1. The first kappa shape index (κ1) is 19.5. The first-order valence-electron chi connectivity index (χ1n) is 10.0. The van der Waals surface area contributed by atoms with Crippen molar-refractivity contribution < 1.29 is 14.3 Å². The van der Waals surface area contributed by atoms with E-state index < -0.39 is 0 Å². The molecule has 3 N–H and O–H groups in total. The molecule has 0 bridgehead atoms. The summed E-state index contributed by atoms with van der Waals surface area (Å²) >= 11 is 0. The summed E-state index contributed by atoms with van der Waals surface area (Å²) in [5.74, 6) is 2.30. The van der Waals surface area contributed by atoms with Gasteiger partial charge in [0.05, 0.1) is 13.7 Å². The van der Waals surface area contributed by atoms with Gasteiger partial charge in [-0.15, -0.1) is 0 Å². The van der Waals surface area contributed by atoms with Crippen LogP contribution in [-0.4, -0.2) is 50.3 Å². The van der Waals surface area contributed by atoms with Gasteiger partial charge in [0.1, 0.15) is 17.6 Å². The number of methoxy groups -OCH3 is 1. The highest BCUT2D eigenvalue weighted by atomic mass is 16.5. The number of hydrogen-bond donors (Lipinski definition) is 3. The third-order valence-electron chi connectivity index (χ3n) is 5.30. The molecule has 8 nitrogen and oxygen atoms in total. The van der Waals surface area contributed by atoms with Crippen molar-refractivity contribution in [3.63, 3.8) is 0 Å². The van der Waals surface area contributed by atoms with Crippen LogP contribution in [0.5, 0.6) is 11.6 Å². The summed E-state index contributed by atoms with van der Waals surface area (Å²) in [7, 11) is 1.62. The Bertz CT molecular complexity index is 869. The molecule has 2 saturated heterocycles. The van der Waals surface area contributed by atoms with E-state index in [1.165, 1.54) is 0 Å². The molecule has 3 heterocycles. The van der Waals surface area contributed by atoms with Crippen molar-refractivity contribution in [3.05, 3.63) is 42.0 Å². The van der Waals surface area contributed by atoms with Crippen molar-refractivity contribution in [1.29, 1.82) is 0 Å². The van der Waals surface area contributed by atoms with Gasteiger partial charge in [0.2, 0.25) is 5.88 Å². The molecule has 1 unspecified atom stereocenters. The molecule has 1 atom stereocenters. The third-order valence-corrected chi connectivity index (χ3v) is 5.30. The van der Waals surface area contributed by atoms with Crippen molar-refractivity contribution >= 4 is 17.4 Å². The van der Waals surface area contributed by atoms with Gasteiger partial charge < -0.3 is 14.8 Å². The van der Waals surface area contributed by atoms with Gasteiger partial charge in [-0.25, -0.2) is 0 Å². The van der Waals surface area contributed by atoms with Gasteiger partial charge in [-0.1, -0.05) is 6.07 Å². The average molecular weight is 397 g/mol. The number of hydrazine groups is 1. The van der Waals surface area contributed by atoms with Gasteiger partial charge in [0, 0.05) is 42.9 Å². The maximum atomic E-state index is 13.0. The Hall–Kier alpha value is -2.84. The van der Waals surface area contributed by atoms with Crippen LogP contribution in [-0.2, 0) is 4.79 Å². The van der Waals surface area contributed by atoms with Gasteiger partial charge >= 0.3 is 0 Å². The average Bonchev–Trinajstić information content (AvgIpc) is 3.39. The van der Waals surface area contributed by atoms with Crippen molar-refractivity contribution in [2.75, 3.05) is 43.6 Å². The largest absolute Gasteiger partial charge is 0.494 e. The molecule has 2 fully saturated rings. The molecule has 1 aromatic carbocycles. The van der Waals surface area contributed by atoms with Crippen molar-refractivity contribution in [1.82, 2.24) is 15.8 Å². The molecular weight excluding hydrogens is 370 g/mol. The second-order valence-electron chi connectivity index (χ2n) is 7.16. The van der Waals surface area contributed by atoms with E-state index in [0.717, 1.165) is 30.1 Å². The maximum absolute atomic E-state index is 13.0. The van der Waals surface area contributed by atoms with Gasteiger partial charge in [0.15, 0.2) is 0 Å². The Morgan fingerprint density at radius 2 is 2.07 bits per heavy atom. The number of anilines is 2. The zero-order valence-electron chi connectivity index (χ0n) is 16.8. The van der Waals surface area contributed by atoms with Crippen LogP contribution in [0.2, 0.25) is 0 Å². The highest BCUT2D eigenvalue weighted by molar-refractivity contribution is 6.00. The number of hydrogen-bond acceptors (Lipinski definition) is 7. The summed E-state index contributed by atoms with van der Waals surface area (Å²) in [6, 6.07) is 11.3. The van der Waals surface area contributed by atoms with Crippen molar-refractivity contribution in [2.45, 2.75) is 25.3 Å². The molecular formula is C21H27N5O3. The monoisotopic (exact) mass is 397 g/mol. The van der Waals surface area contributed by atoms with Crippen LogP contribution in [0.4, 0.5) is 11.5 Å². The fourth-order valence-electron chi connectivity index (χ4n) is 3.83. The van der Waals surface area contributed by atoms with Crippen LogP contribution in [0.15, 0.2) is 36.4 Å². The van der Waals surface area contributed by atoms with E-state index in [1.807, 2.05) is 43.3 Å². The minimum absolute atomic E-state index is 0.0123. The zero-order chi connectivity index (χ0) is 20.2. The lowest BCUT2D eigenvalue weighted by atomic mass is 10.0. The quantitative estimate of drug-likeness (QED) is 0.658. The Labute approximate surface area is 170 Å². The maximum Gasteiger partial charge on any atom is 0.250 e. The smallest absolute Gasteiger partial charge is 0.250 e. The Balaban J connectivity index is 1.48. The van der Waals surface area contributed by atoms with E-state index in [9.17, 15) is 4.79 Å². The van der Waals surface area contributed by atoms with Crippen LogP contribution in [0.25, 0.3) is 0 Å². The summed E-state index contributed by atoms with van der Waals surface area (Å²) in [5.41, 5.74) is 8.17. The van der Waals surface area contributed by atoms with Crippen LogP contribution < -0.4 is 30.5 Å². The fourth-order valence-corrected chi connectivity index (χ4v) is 3.83. The van der Waals surface area contributed by atoms with Crippen LogP contribution >= 0.6 is 0 Å². The number of rotatable bonds is 7. The highest BCUT2D eigenvalue weighted by Crippen LogP contribution is 2.30. The number of amides is 1. The molecule has 2 aromatic rings.